The molecule has 3 N–H and O–H groups in total. The van der Waals surface area contributed by atoms with Crippen molar-refractivity contribution in [3.8, 4) is 0 Å². The number of rotatable bonds is 10. The molecule has 0 heterocycles. The quantitative estimate of drug-likeness (QED) is 0.574. The van der Waals surface area contributed by atoms with Crippen LogP contribution in [0.2, 0.25) is 0 Å². The average molecular weight is 424 g/mol. The van der Waals surface area contributed by atoms with Crippen LogP contribution in [-0.2, 0) is 16.6 Å². The van der Waals surface area contributed by atoms with Crippen LogP contribution in [0.3, 0.4) is 0 Å². The van der Waals surface area contributed by atoms with E-state index in [1.165, 1.54) is 30.3 Å². The first-order chi connectivity index (χ1) is 13.0. The van der Waals surface area contributed by atoms with E-state index in [1.807, 2.05) is 30.3 Å². The number of hydrogen-bond donors (Lipinski definition) is 2. The van der Waals surface area contributed by atoms with Crippen LogP contribution in [0.4, 0.5) is 0 Å². The molecule has 0 unspecified atom stereocenters. The van der Waals surface area contributed by atoms with Crippen LogP contribution >= 0.6 is 12.4 Å². The fraction of sp³-hybridized carbons (Fsp3) is 0.250. The first-order valence-electron chi connectivity index (χ1n) is 8.72. The minimum absolute atomic E-state index is 0. The Balaban J connectivity index is 0.00000392. The fourth-order valence-corrected chi connectivity index (χ4v) is 3.55. The number of benzene rings is 2. The second-order valence-electron chi connectivity index (χ2n) is 6.02. The van der Waals surface area contributed by atoms with E-state index in [-0.39, 0.29) is 29.8 Å². The lowest BCUT2D eigenvalue weighted by Crippen LogP contribution is -2.32. The van der Waals surface area contributed by atoms with Gasteiger partial charge in [-0.25, -0.2) is 13.1 Å². The third-order valence-electron chi connectivity index (χ3n) is 3.96. The number of amides is 1. The number of nitrogens with one attached hydrogen (secondary N) is 1. The zero-order valence-corrected chi connectivity index (χ0v) is 17.2. The SMILES string of the molecule is C=CCNS(=O)(=O)c1ccc(C(=O)N(CCCN)Cc2ccccc2)cc1.Cl. The number of sulfonamides is 1. The monoisotopic (exact) mass is 423 g/mol. The summed E-state index contributed by atoms with van der Waals surface area (Å²) < 4.78 is 26.6. The van der Waals surface area contributed by atoms with Crippen molar-refractivity contribution in [2.24, 2.45) is 5.73 Å². The maximum atomic E-state index is 12.9. The predicted molar refractivity (Wildman–Crippen MR) is 114 cm³/mol. The molecule has 2 rings (SSSR count). The molecule has 2 aromatic carbocycles. The van der Waals surface area contributed by atoms with Crippen molar-refractivity contribution in [1.82, 2.24) is 9.62 Å². The Labute approximate surface area is 172 Å². The molecule has 0 spiro atoms. The van der Waals surface area contributed by atoms with Gasteiger partial charge in [-0.3, -0.25) is 4.79 Å². The summed E-state index contributed by atoms with van der Waals surface area (Å²) in [6.07, 6.45) is 2.16. The van der Waals surface area contributed by atoms with Crippen LogP contribution in [-0.4, -0.2) is 38.9 Å². The molecule has 0 saturated heterocycles. The van der Waals surface area contributed by atoms with Crippen molar-refractivity contribution in [3.05, 3.63) is 78.4 Å². The first kappa shape index (κ1) is 23.8. The lowest BCUT2D eigenvalue weighted by molar-refractivity contribution is 0.0742. The number of hydrogen-bond acceptors (Lipinski definition) is 4. The highest BCUT2D eigenvalue weighted by atomic mass is 35.5. The summed E-state index contributed by atoms with van der Waals surface area (Å²) >= 11 is 0. The summed E-state index contributed by atoms with van der Waals surface area (Å²) in [4.78, 5) is 14.7. The summed E-state index contributed by atoms with van der Waals surface area (Å²) in [6, 6.07) is 15.6. The molecule has 8 heteroatoms. The first-order valence-corrected chi connectivity index (χ1v) is 10.2. The normalized spacial score (nSPS) is 10.8. The van der Waals surface area contributed by atoms with E-state index in [9.17, 15) is 13.2 Å². The zero-order valence-electron chi connectivity index (χ0n) is 15.6. The van der Waals surface area contributed by atoms with Gasteiger partial charge in [-0.2, -0.15) is 0 Å². The van der Waals surface area contributed by atoms with Gasteiger partial charge in [-0.05, 0) is 42.8 Å². The fourth-order valence-electron chi connectivity index (χ4n) is 2.55. The second-order valence-corrected chi connectivity index (χ2v) is 7.79. The minimum Gasteiger partial charge on any atom is -0.334 e. The van der Waals surface area contributed by atoms with Gasteiger partial charge in [-0.15, -0.1) is 19.0 Å². The lowest BCUT2D eigenvalue weighted by Gasteiger charge is -2.23. The molecule has 6 nitrogen and oxygen atoms in total. The van der Waals surface area contributed by atoms with Gasteiger partial charge < -0.3 is 10.6 Å². The van der Waals surface area contributed by atoms with Crippen LogP contribution in [0.5, 0.6) is 0 Å². The van der Waals surface area contributed by atoms with Crippen LogP contribution in [0.25, 0.3) is 0 Å². The van der Waals surface area contributed by atoms with Gasteiger partial charge >= 0.3 is 0 Å². The van der Waals surface area contributed by atoms with E-state index < -0.39 is 10.0 Å². The highest BCUT2D eigenvalue weighted by Gasteiger charge is 2.18. The van der Waals surface area contributed by atoms with Gasteiger partial charge in [0.15, 0.2) is 0 Å². The highest BCUT2D eigenvalue weighted by molar-refractivity contribution is 7.89. The van der Waals surface area contributed by atoms with Crippen molar-refractivity contribution >= 4 is 28.3 Å². The molecule has 0 aliphatic rings. The Bertz CT molecular complexity index is 856. The molecule has 0 atom stereocenters. The zero-order chi connectivity index (χ0) is 19.7. The number of carbonyl (C=O) groups excluding carboxylic acids is 1. The second kappa shape index (κ2) is 11.6. The van der Waals surface area contributed by atoms with Gasteiger partial charge in [-0.1, -0.05) is 36.4 Å². The van der Waals surface area contributed by atoms with Gasteiger partial charge in [0, 0.05) is 25.2 Å². The molecule has 2 aromatic rings. The molecular formula is C20H26ClN3O3S. The van der Waals surface area contributed by atoms with E-state index in [0.29, 0.717) is 31.6 Å². The third-order valence-corrected chi connectivity index (χ3v) is 5.40. The Morgan fingerprint density at radius 3 is 2.32 bits per heavy atom. The van der Waals surface area contributed by atoms with Crippen molar-refractivity contribution in [2.75, 3.05) is 19.6 Å². The van der Waals surface area contributed by atoms with Crippen LogP contribution in [0.15, 0.2) is 72.1 Å². The summed E-state index contributed by atoms with van der Waals surface area (Å²) in [5.74, 6) is -0.157. The standard InChI is InChI=1S/C20H25N3O3S.ClH/c1-2-14-22-27(25,26)19-11-9-18(10-12-19)20(24)23(15-6-13-21)16-17-7-4-3-5-8-17;/h2-5,7-12,22H,1,6,13-16,21H2;1H. The van der Waals surface area contributed by atoms with E-state index in [4.69, 9.17) is 5.73 Å². The Morgan fingerprint density at radius 2 is 1.75 bits per heavy atom. The summed E-state index contributed by atoms with van der Waals surface area (Å²) in [5, 5.41) is 0. The van der Waals surface area contributed by atoms with Crippen molar-refractivity contribution in [2.45, 2.75) is 17.9 Å². The molecule has 0 fully saturated rings. The van der Waals surface area contributed by atoms with Crippen LogP contribution in [0.1, 0.15) is 22.3 Å². The number of nitrogens with zero attached hydrogens (tertiary/aromatic N) is 1. The molecular weight excluding hydrogens is 398 g/mol. The maximum absolute atomic E-state index is 12.9. The van der Waals surface area contributed by atoms with Crippen molar-refractivity contribution in [1.29, 1.82) is 0 Å². The topological polar surface area (TPSA) is 92.5 Å². The molecule has 0 aliphatic carbocycles. The maximum Gasteiger partial charge on any atom is 0.254 e. The van der Waals surface area contributed by atoms with Gasteiger partial charge in [0.05, 0.1) is 4.90 Å². The molecule has 0 bridgehead atoms. The highest BCUT2D eigenvalue weighted by Crippen LogP contribution is 2.14. The van der Waals surface area contributed by atoms with E-state index in [0.717, 1.165) is 5.56 Å². The molecule has 0 aromatic heterocycles. The largest absolute Gasteiger partial charge is 0.334 e. The molecule has 0 saturated carbocycles. The van der Waals surface area contributed by atoms with Crippen LogP contribution in [0, 0.1) is 0 Å². The summed E-state index contributed by atoms with van der Waals surface area (Å²) in [5.41, 5.74) is 7.06. The van der Waals surface area contributed by atoms with E-state index in [1.54, 1.807) is 4.90 Å². The van der Waals surface area contributed by atoms with Crippen molar-refractivity contribution < 1.29 is 13.2 Å². The number of nitrogens with two attached hydrogens (primary N) is 1. The van der Waals surface area contributed by atoms with Gasteiger partial charge in [0.25, 0.3) is 5.91 Å². The van der Waals surface area contributed by atoms with Gasteiger partial charge in [0.1, 0.15) is 0 Å². The minimum atomic E-state index is -3.61. The Hall–Kier alpha value is -2.19. The van der Waals surface area contributed by atoms with E-state index >= 15 is 0 Å². The van der Waals surface area contributed by atoms with E-state index in [2.05, 4.69) is 11.3 Å². The number of halogens is 1. The molecule has 0 aliphatic heterocycles. The average Bonchev–Trinajstić information content (AvgIpc) is 2.70. The molecule has 0 radical (unpaired) electrons. The van der Waals surface area contributed by atoms with Crippen molar-refractivity contribution in [3.63, 3.8) is 0 Å². The number of carbonyl (C=O) groups is 1. The Kier molecular flexibility index (Phi) is 9.89. The van der Waals surface area contributed by atoms with Crippen LogP contribution < -0.4 is 10.5 Å². The summed E-state index contributed by atoms with van der Waals surface area (Å²) in [6.45, 7) is 5.13. The molecule has 28 heavy (non-hydrogen) atoms. The lowest BCUT2D eigenvalue weighted by atomic mass is 10.1. The van der Waals surface area contributed by atoms with Gasteiger partial charge in [0.2, 0.25) is 10.0 Å². The smallest absolute Gasteiger partial charge is 0.254 e. The third kappa shape index (κ3) is 6.76. The predicted octanol–water partition coefficient (Wildman–Crippen LogP) is 2.56. The summed E-state index contributed by atoms with van der Waals surface area (Å²) in [7, 11) is -3.61. The molecule has 1 amide bonds. The Morgan fingerprint density at radius 1 is 1.11 bits per heavy atom. The molecule has 152 valence electrons.